The topological polar surface area (TPSA) is 169 Å². The minimum atomic E-state index is -3.52. The number of imidazole rings is 2. The number of β-amino-alcohol motifs (C(OH)–C–C–N with tert-alkyl or cyclic N) is 1. The van der Waals surface area contributed by atoms with Crippen molar-refractivity contribution in [1.82, 2.24) is 29.3 Å². The number of rotatable bonds is 6. The van der Waals surface area contributed by atoms with Crippen molar-refractivity contribution in [2.45, 2.75) is 38.9 Å². The molecule has 1 unspecified atom stereocenters. The van der Waals surface area contributed by atoms with Gasteiger partial charge in [0.15, 0.2) is 0 Å². The monoisotopic (exact) mass is 738 g/mol. The molecule has 2 aliphatic rings. The summed E-state index contributed by atoms with van der Waals surface area (Å²) in [5.41, 5.74) is 6.58. The molecular weight excluding hydrogens is 697 g/mol. The highest BCUT2D eigenvalue weighted by molar-refractivity contribution is 7.86. The van der Waals surface area contributed by atoms with Crippen LogP contribution in [0.25, 0.3) is 33.4 Å². The fraction of sp³-hybridized carbons (Fsp3) is 0.282. The van der Waals surface area contributed by atoms with Crippen molar-refractivity contribution in [1.29, 1.82) is 0 Å². The van der Waals surface area contributed by atoms with Crippen molar-refractivity contribution in [3.8, 4) is 11.4 Å². The third kappa shape index (κ3) is 8.98. The Labute approximate surface area is 307 Å². The standard InChI is InChI=1S/C20H21N3O4S.C15H12N2O2.C4H9NO/c1-14-21-18-5-3-4-6-19(18)23(14)16-9-7-15(8-10-16)20(24)22-12-11-17(13-22)27-28(2,25)26;1-10-16-13-4-2-3-5-14(13)17(10)12-8-6-11(7-9-12)15(18)19;6-4-1-2-5-3-4/h3-10,17H,11-13H2,1-2H3;2-9H,1H3,(H,18,19);4-6H,1-3H2/t17-;;/m1../s1. The van der Waals surface area contributed by atoms with E-state index < -0.39 is 22.2 Å². The van der Waals surface area contributed by atoms with Crippen LogP contribution in [0.1, 0.15) is 45.2 Å². The van der Waals surface area contributed by atoms with Crippen molar-refractivity contribution in [3.05, 3.63) is 120 Å². The number of nitrogens with zero attached hydrogens (tertiary/aromatic N) is 5. The molecule has 13 nitrogen and oxygen atoms in total. The molecule has 2 aliphatic heterocycles. The highest BCUT2D eigenvalue weighted by Gasteiger charge is 2.30. The summed E-state index contributed by atoms with van der Waals surface area (Å²) in [6, 6.07) is 30.0. The van der Waals surface area contributed by atoms with Crippen LogP contribution in [-0.2, 0) is 14.3 Å². The lowest BCUT2D eigenvalue weighted by atomic mass is 10.1. The zero-order valence-electron chi connectivity index (χ0n) is 29.7. The van der Waals surface area contributed by atoms with E-state index in [9.17, 15) is 18.0 Å². The summed E-state index contributed by atoms with van der Waals surface area (Å²) in [7, 11) is -3.52. The van der Waals surface area contributed by atoms with E-state index in [4.69, 9.17) is 14.4 Å². The Kier molecular flexibility index (Phi) is 11.3. The Morgan fingerprint density at radius 3 is 1.72 bits per heavy atom. The van der Waals surface area contributed by atoms with Crippen molar-refractivity contribution < 1.29 is 32.4 Å². The summed E-state index contributed by atoms with van der Waals surface area (Å²) in [6.07, 6.45) is 1.93. The number of likely N-dealkylation sites (tertiary alicyclic amines) is 1. The maximum absolute atomic E-state index is 12.7. The van der Waals surface area contributed by atoms with Crippen LogP contribution >= 0.6 is 0 Å². The van der Waals surface area contributed by atoms with E-state index in [0.717, 1.165) is 70.9 Å². The van der Waals surface area contributed by atoms with Crippen LogP contribution in [-0.4, -0.2) is 99.2 Å². The third-order valence-corrected chi connectivity index (χ3v) is 9.60. The van der Waals surface area contributed by atoms with E-state index in [0.29, 0.717) is 18.5 Å². The fourth-order valence-corrected chi connectivity index (χ4v) is 7.16. The average Bonchev–Trinajstić information content (AvgIpc) is 3.94. The molecule has 2 saturated heterocycles. The molecule has 8 rings (SSSR count). The molecule has 1 amide bonds. The van der Waals surface area contributed by atoms with Crippen LogP contribution in [0.4, 0.5) is 0 Å². The highest BCUT2D eigenvalue weighted by atomic mass is 32.2. The molecule has 2 aromatic heterocycles. The van der Waals surface area contributed by atoms with Gasteiger partial charge in [-0.1, -0.05) is 24.3 Å². The number of aliphatic hydroxyl groups excluding tert-OH is 1. The van der Waals surface area contributed by atoms with E-state index in [1.54, 1.807) is 41.3 Å². The number of carboxylic acids is 1. The van der Waals surface area contributed by atoms with Gasteiger partial charge in [-0.15, -0.1) is 0 Å². The van der Waals surface area contributed by atoms with Crippen molar-refractivity contribution >= 4 is 44.1 Å². The van der Waals surface area contributed by atoms with E-state index >= 15 is 0 Å². The summed E-state index contributed by atoms with van der Waals surface area (Å²) in [5, 5.41) is 20.6. The maximum Gasteiger partial charge on any atom is 0.335 e. The van der Waals surface area contributed by atoms with Crippen LogP contribution in [0.2, 0.25) is 0 Å². The number of benzene rings is 4. The number of para-hydroxylation sites is 4. The van der Waals surface area contributed by atoms with Gasteiger partial charge in [0.25, 0.3) is 16.0 Å². The van der Waals surface area contributed by atoms with E-state index in [1.165, 1.54) is 0 Å². The van der Waals surface area contributed by atoms with Gasteiger partial charge in [0.1, 0.15) is 11.6 Å². The van der Waals surface area contributed by atoms with Gasteiger partial charge in [0, 0.05) is 36.6 Å². The van der Waals surface area contributed by atoms with Gasteiger partial charge in [0.2, 0.25) is 0 Å². The van der Waals surface area contributed by atoms with Crippen molar-refractivity contribution in [2.24, 2.45) is 0 Å². The van der Waals surface area contributed by atoms with Gasteiger partial charge in [0.05, 0.1) is 46.1 Å². The van der Waals surface area contributed by atoms with E-state index in [-0.39, 0.29) is 24.1 Å². The predicted octanol–water partition coefficient (Wildman–Crippen LogP) is 4.90. The second kappa shape index (κ2) is 16.1. The van der Waals surface area contributed by atoms with Gasteiger partial charge >= 0.3 is 5.97 Å². The zero-order valence-corrected chi connectivity index (χ0v) is 30.5. The molecule has 53 heavy (non-hydrogen) atoms. The number of hydrogen-bond acceptors (Lipinski definition) is 9. The normalized spacial score (nSPS) is 16.9. The third-order valence-electron chi connectivity index (χ3n) is 8.98. The Balaban J connectivity index is 0.000000164. The number of aryl methyl sites for hydroxylation is 2. The lowest BCUT2D eigenvalue weighted by Gasteiger charge is -2.17. The number of carbonyl (C=O) groups is 2. The molecule has 276 valence electrons. The average molecular weight is 739 g/mol. The van der Waals surface area contributed by atoms with Gasteiger partial charge in [-0.2, -0.15) is 8.42 Å². The summed E-state index contributed by atoms with van der Waals surface area (Å²) >= 11 is 0. The lowest BCUT2D eigenvalue weighted by Crippen LogP contribution is -2.30. The van der Waals surface area contributed by atoms with Crippen LogP contribution in [0.15, 0.2) is 97.1 Å². The largest absolute Gasteiger partial charge is 0.478 e. The molecule has 2 fully saturated rings. The summed E-state index contributed by atoms with van der Waals surface area (Å²) in [5.74, 6) is 0.710. The van der Waals surface area contributed by atoms with Crippen LogP contribution in [0.5, 0.6) is 0 Å². The molecule has 0 saturated carbocycles. The smallest absolute Gasteiger partial charge is 0.335 e. The molecule has 0 bridgehead atoms. The van der Waals surface area contributed by atoms with Crippen LogP contribution in [0.3, 0.4) is 0 Å². The first-order valence-electron chi connectivity index (χ1n) is 17.3. The van der Waals surface area contributed by atoms with Gasteiger partial charge in [-0.05, 0) is 106 Å². The first-order valence-corrected chi connectivity index (χ1v) is 19.1. The summed E-state index contributed by atoms with van der Waals surface area (Å²) < 4.78 is 31.6. The number of nitrogens with one attached hydrogen (secondary N) is 1. The Morgan fingerprint density at radius 1 is 0.774 bits per heavy atom. The molecule has 0 aliphatic carbocycles. The second-order valence-electron chi connectivity index (χ2n) is 13.0. The number of hydrogen-bond donors (Lipinski definition) is 3. The highest BCUT2D eigenvalue weighted by Crippen LogP contribution is 2.24. The lowest BCUT2D eigenvalue weighted by molar-refractivity contribution is 0.0696. The van der Waals surface area contributed by atoms with Crippen LogP contribution < -0.4 is 5.32 Å². The van der Waals surface area contributed by atoms with Crippen LogP contribution in [0, 0.1) is 13.8 Å². The summed E-state index contributed by atoms with van der Waals surface area (Å²) in [6.45, 7) is 6.42. The minimum Gasteiger partial charge on any atom is -0.478 e. The SMILES string of the molecule is Cc1nc2ccccc2n1-c1ccc(C(=O)N2CC[C@@H](OS(C)(=O)=O)C2)cc1.Cc1nc2ccccc2n1-c1ccc(C(=O)O)cc1.OC1CCNC1. The predicted molar refractivity (Wildman–Crippen MR) is 202 cm³/mol. The van der Waals surface area contributed by atoms with Gasteiger partial charge in [-0.25, -0.2) is 14.8 Å². The minimum absolute atomic E-state index is 0.0648. The number of aromatic nitrogens is 4. The van der Waals surface area contributed by atoms with Crippen molar-refractivity contribution in [2.75, 3.05) is 32.4 Å². The molecule has 0 spiro atoms. The molecule has 4 aromatic carbocycles. The molecular formula is C39H42N6O7S. The number of aromatic carboxylic acids is 1. The molecule has 4 heterocycles. The Morgan fingerprint density at radius 2 is 1.28 bits per heavy atom. The van der Waals surface area contributed by atoms with E-state index in [1.807, 2.05) is 79.1 Å². The number of aliphatic hydroxyl groups is 1. The van der Waals surface area contributed by atoms with Crippen molar-refractivity contribution in [3.63, 3.8) is 0 Å². The van der Waals surface area contributed by atoms with Gasteiger partial charge in [-0.3, -0.25) is 18.1 Å². The number of amides is 1. The Hall–Kier alpha value is -5.41. The molecule has 2 atom stereocenters. The molecule has 3 N–H and O–H groups in total. The maximum atomic E-state index is 12.7. The first kappa shape index (κ1) is 37.4. The zero-order chi connectivity index (χ0) is 37.7. The molecule has 14 heteroatoms. The fourth-order valence-electron chi connectivity index (χ4n) is 6.51. The molecule has 6 aromatic rings. The first-order chi connectivity index (χ1) is 25.4. The Bertz CT molecular complexity index is 2330. The number of fused-ring (bicyclic) bond motifs is 2. The quantitative estimate of drug-likeness (QED) is 0.200. The summed E-state index contributed by atoms with van der Waals surface area (Å²) in [4.78, 5) is 34.3. The second-order valence-corrected chi connectivity index (χ2v) is 14.6. The van der Waals surface area contributed by atoms with E-state index in [2.05, 4.69) is 19.9 Å². The number of carbonyl (C=O) groups excluding carboxylic acids is 1. The number of carboxylic acid groups (broad SMARTS) is 1. The molecule has 0 radical (unpaired) electrons. The van der Waals surface area contributed by atoms with Gasteiger partial charge < -0.3 is 20.4 Å².